The molecule has 4 aromatic rings. The van der Waals surface area contributed by atoms with E-state index >= 15 is 0 Å². The van der Waals surface area contributed by atoms with Crippen LogP contribution in [0.25, 0.3) is 22.3 Å². The number of benzene rings is 3. The van der Waals surface area contributed by atoms with Crippen molar-refractivity contribution >= 4 is 32.6 Å². The molecular weight excluding hydrogens is 494 g/mol. The molecule has 0 saturated heterocycles. The lowest BCUT2D eigenvalue weighted by atomic mass is 10.0. The van der Waals surface area contributed by atoms with Crippen molar-refractivity contribution < 1.29 is 35.9 Å². The van der Waals surface area contributed by atoms with Crippen LogP contribution < -0.4 is 19.1 Å². The number of amides is 1. The predicted octanol–water partition coefficient (Wildman–Crippen LogP) is 4.93. The normalized spacial score (nSPS) is 11.4. The maximum atomic E-state index is 13.5. The largest absolute Gasteiger partial charge is 0.495 e. The Morgan fingerprint density at radius 2 is 1.64 bits per heavy atom. The Kier molecular flexibility index (Phi) is 6.59. The lowest BCUT2D eigenvalue weighted by Gasteiger charge is -2.19. The van der Waals surface area contributed by atoms with E-state index in [0.717, 1.165) is 28.8 Å². The molecule has 0 radical (unpaired) electrons. The lowest BCUT2D eigenvalue weighted by molar-refractivity contribution is 0.0964. The number of fused-ring (bicyclic) bond motifs is 1. The summed E-state index contributed by atoms with van der Waals surface area (Å²) in [5.74, 6) is -1.20. The topological polar surface area (TPSA) is 98.1 Å². The van der Waals surface area contributed by atoms with Gasteiger partial charge in [-0.15, -0.1) is 0 Å². The molecule has 8 nitrogen and oxygen atoms in total. The van der Waals surface area contributed by atoms with Gasteiger partial charge in [-0.3, -0.25) is 9.10 Å². The summed E-state index contributed by atoms with van der Waals surface area (Å²) in [6.07, 6.45) is 1.06. The van der Waals surface area contributed by atoms with Crippen LogP contribution in [0, 0.1) is 11.6 Å². The first kappa shape index (κ1) is 25.0. The zero-order chi connectivity index (χ0) is 26.2. The zero-order valence-electron chi connectivity index (χ0n) is 19.8. The summed E-state index contributed by atoms with van der Waals surface area (Å²) in [5.41, 5.74) is 1.24. The maximum absolute atomic E-state index is 13.5. The van der Waals surface area contributed by atoms with Crippen LogP contribution in [0.3, 0.4) is 0 Å². The van der Waals surface area contributed by atoms with E-state index in [1.54, 1.807) is 30.3 Å². The van der Waals surface area contributed by atoms with Gasteiger partial charge in [0.05, 0.1) is 24.6 Å². The molecule has 0 saturated carbocycles. The number of nitrogens with zero attached hydrogens (tertiary/aromatic N) is 1. The van der Waals surface area contributed by atoms with Crippen molar-refractivity contribution in [2.75, 3.05) is 31.8 Å². The number of methoxy groups -OCH3 is 1. The second-order valence-electron chi connectivity index (χ2n) is 7.87. The van der Waals surface area contributed by atoms with Crippen LogP contribution >= 0.6 is 0 Å². The second kappa shape index (κ2) is 9.50. The molecule has 0 aliphatic heterocycles. The van der Waals surface area contributed by atoms with Crippen LogP contribution in [0.15, 0.2) is 59.0 Å². The highest BCUT2D eigenvalue weighted by molar-refractivity contribution is 7.92. The highest BCUT2D eigenvalue weighted by Crippen LogP contribution is 2.41. The number of furan rings is 1. The number of anilines is 1. The number of carbonyl (C=O) groups is 1. The Balaban J connectivity index is 1.80. The molecular formula is C25H22F2N2O6S. The van der Waals surface area contributed by atoms with Crippen LogP contribution in [0.5, 0.6) is 17.2 Å². The van der Waals surface area contributed by atoms with Crippen molar-refractivity contribution in [3.05, 3.63) is 71.8 Å². The standard InChI is InChI=1S/C25H22F2N2O6S/c1-28-25(30)23-19-12-22(33-3)20(29(2)36(4,31)32)13-21(19)35-24(23)14-5-7-17(8-6-14)34-18-10-15(26)9-16(27)11-18/h5-13H,1-4H3,(H,28,30). The summed E-state index contributed by atoms with van der Waals surface area (Å²) in [4.78, 5) is 12.8. The molecule has 11 heteroatoms. The summed E-state index contributed by atoms with van der Waals surface area (Å²) in [7, 11) is 0.651. The van der Waals surface area contributed by atoms with Gasteiger partial charge in [0.1, 0.15) is 40.2 Å². The van der Waals surface area contributed by atoms with Crippen molar-refractivity contribution in [1.82, 2.24) is 5.32 Å². The quantitative estimate of drug-likeness (QED) is 0.374. The molecule has 0 fully saturated rings. The summed E-state index contributed by atoms with van der Waals surface area (Å²) in [5, 5.41) is 3.00. The first-order chi connectivity index (χ1) is 17.0. The first-order valence-electron chi connectivity index (χ1n) is 10.6. The van der Waals surface area contributed by atoms with E-state index < -0.39 is 27.6 Å². The molecule has 0 spiro atoms. The molecule has 188 valence electrons. The summed E-state index contributed by atoms with van der Waals surface area (Å²) in [6.45, 7) is 0. The Labute approximate surface area is 206 Å². The van der Waals surface area contributed by atoms with Gasteiger partial charge in [0.25, 0.3) is 5.91 Å². The van der Waals surface area contributed by atoms with Gasteiger partial charge in [-0.2, -0.15) is 0 Å². The number of rotatable bonds is 7. The van der Waals surface area contributed by atoms with Crippen molar-refractivity contribution in [2.24, 2.45) is 0 Å². The van der Waals surface area contributed by atoms with E-state index in [1.165, 1.54) is 27.3 Å². The van der Waals surface area contributed by atoms with Gasteiger partial charge in [-0.05, 0) is 30.3 Å². The van der Waals surface area contributed by atoms with E-state index in [2.05, 4.69) is 5.32 Å². The van der Waals surface area contributed by atoms with Crippen molar-refractivity contribution in [1.29, 1.82) is 0 Å². The minimum atomic E-state index is -3.60. The third-order valence-corrected chi connectivity index (χ3v) is 6.66. The minimum Gasteiger partial charge on any atom is -0.495 e. The number of hydrogen-bond donors (Lipinski definition) is 1. The highest BCUT2D eigenvalue weighted by Gasteiger charge is 2.25. The monoisotopic (exact) mass is 516 g/mol. The molecule has 36 heavy (non-hydrogen) atoms. The van der Waals surface area contributed by atoms with Gasteiger partial charge in [-0.25, -0.2) is 17.2 Å². The second-order valence-corrected chi connectivity index (χ2v) is 9.88. The average Bonchev–Trinajstić information content (AvgIpc) is 3.19. The minimum absolute atomic E-state index is 0.00958. The van der Waals surface area contributed by atoms with Crippen LogP contribution in [0.1, 0.15) is 10.4 Å². The molecule has 0 aliphatic carbocycles. The van der Waals surface area contributed by atoms with E-state index in [0.29, 0.717) is 16.7 Å². The van der Waals surface area contributed by atoms with Crippen molar-refractivity contribution in [2.45, 2.75) is 0 Å². The molecule has 1 aromatic heterocycles. The molecule has 0 unspecified atom stereocenters. The fourth-order valence-electron chi connectivity index (χ4n) is 3.65. The molecule has 0 atom stereocenters. The fraction of sp³-hybridized carbons (Fsp3) is 0.160. The molecule has 1 heterocycles. The van der Waals surface area contributed by atoms with Gasteiger partial charge in [0.2, 0.25) is 10.0 Å². The Morgan fingerprint density at radius 1 is 1.00 bits per heavy atom. The number of ether oxygens (including phenoxy) is 2. The number of carbonyl (C=O) groups excluding carboxylic acids is 1. The van der Waals surface area contributed by atoms with Gasteiger partial charge in [-0.1, -0.05) is 0 Å². The van der Waals surface area contributed by atoms with E-state index in [-0.39, 0.29) is 34.1 Å². The Hall–Kier alpha value is -4.12. The predicted molar refractivity (Wildman–Crippen MR) is 131 cm³/mol. The van der Waals surface area contributed by atoms with Crippen LogP contribution in [0.2, 0.25) is 0 Å². The smallest absolute Gasteiger partial charge is 0.255 e. The number of halogens is 2. The van der Waals surface area contributed by atoms with Crippen molar-refractivity contribution in [3.63, 3.8) is 0 Å². The molecule has 1 amide bonds. The van der Waals surface area contributed by atoms with Gasteiger partial charge >= 0.3 is 0 Å². The summed E-state index contributed by atoms with van der Waals surface area (Å²) in [6, 6.07) is 12.2. The van der Waals surface area contributed by atoms with E-state index in [1.807, 2.05) is 0 Å². The third-order valence-electron chi connectivity index (χ3n) is 5.47. The highest BCUT2D eigenvalue weighted by atomic mass is 32.2. The third kappa shape index (κ3) is 4.82. The van der Waals surface area contributed by atoms with Crippen molar-refractivity contribution in [3.8, 4) is 28.6 Å². The average molecular weight is 517 g/mol. The summed E-state index contributed by atoms with van der Waals surface area (Å²) >= 11 is 0. The van der Waals surface area contributed by atoms with Crippen LogP contribution in [0.4, 0.5) is 14.5 Å². The SMILES string of the molecule is CNC(=O)c1c(-c2ccc(Oc3cc(F)cc(F)c3)cc2)oc2cc(N(C)S(C)(=O)=O)c(OC)cc12. The lowest BCUT2D eigenvalue weighted by Crippen LogP contribution is -2.25. The Morgan fingerprint density at radius 3 is 2.19 bits per heavy atom. The number of hydrogen-bond acceptors (Lipinski definition) is 6. The van der Waals surface area contributed by atoms with Crippen LogP contribution in [-0.4, -0.2) is 41.8 Å². The Bertz CT molecular complexity index is 1550. The summed E-state index contributed by atoms with van der Waals surface area (Å²) < 4.78 is 69.1. The van der Waals surface area contributed by atoms with Gasteiger partial charge in [0.15, 0.2) is 0 Å². The molecule has 3 aromatic carbocycles. The molecule has 1 N–H and O–H groups in total. The van der Waals surface area contributed by atoms with E-state index in [9.17, 15) is 22.0 Å². The first-order valence-corrected chi connectivity index (χ1v) is 12.4. The van der Waals surface area contributed by atoms with Crippen LogP contribution in [-0.2, 0) is 10.0 Å². The van der Waals surface area contributed by atoms with Gasteiger partial charge in [0, 0.05) is 49.3 Å². The van der Waals surface area contributed by atoms with Gasteiger partial charge < -0.3 is 19.2 Å². The zero-order valence-corrected chi connectivity index (χ0v) is 20.6. The fourth-order valence-corrected chi connectivity index (χ4v) is 4.15. The molecule has 0 bridgehead atoms. The van der Waals surface area contributed by atoms with E-state index in [4.69, 9.17) is 13.9 Å². The number of sulfonamides is 1. The molecule has 0 aliphatic rings. The maximum Gasteiger partial charge on any atom is 0.255 e. The number of nitrogens with one attached hydrogen (secondary N) is 1. The molecule has 4 rings (SSSR count).